The number of carbonyl (C=O) groups is 1. The van der Waals surface area contributed by atoms with Crippen LogP contribution in [-0.4, -0.2) is 23.1 Å². The van der Waals surface area contributed by atoms with Crippen molar-refractivity contribution in [1.82, 2.24) is 5.43 Å². The Morgan fingerprint density at radius 1 is 1.40 bits per heavy atom. The quantitative estimate of drug-likeness (QED) is 0.247. The number of nitrogen functional groups attached to an aromatic ring is 1. The van der Waals surface area contributed by atoms with E-state index in [1.54, 1.807) is 0 Å². The van der Waals surface area contributed by atoms with Crippen molar-refractivity contribution < 1.29 is 14.8 Å². The number of hydrogen-bond acceptors (Lipinski definition) is 4. The molecule has 82 valence electrons. The lowest BCUT2D eigenvalue weighted by Gasteiger charge is -2.04. The predicted octanol–water partition coefficient (Wildman–Crippen LogP) is -0.846. The zero-order valence-electron chi connectivity index (χ0n) is 7.48. The molecule has 0 bridgehead atoms. The maximum atomic E-state index is 11.1. The molecule has 0 saturated heterocycles. The fourth-order valence-electron chi connectivity index (χ4n) is 0.976. The van der Waals surface area contributed by atoms with Crippen molar-refractivity contribution in [3.63, 3.8) is 0 Å². The lowest BCUT2D eigenvalue weighted by atomic mass is 9.79. The second-order valence-electron chi connectivity index (χ2n) is 2.62. The summed E-state index contributed by atoms with van der Waals surface area (Å²) in [5, 5.41) is 17.8. The molecule has 15 heavy (non-hydrogen) atoms. The Morgan fingerprint density at radius 2 is 2.00 bits per heavy atom. The molecule has 0 spiro atoms. The van der Waals surface area contributed by atoms with Crippen molar-refractivity contribution in [2.24, 2.45) is 5.84 Å². The molecular weight excluding hydrogens is 286 g/mol. The summed E-state index contributed by atoms with van der Waals surface area (Å²) >= 11 is 3.14. The molecule has 5 N–H and O–H groups in total. The SMILES string of the molecule is Cl.NNC(=O)c1cc(Br)cc(B(O)O)c1. The van der Waals surface area contributed by atoms with E-state index < -0.39 is 13.0 Å². The van der Waals surface area contributed by atoms with Crippen LogP contribution in [0.3, 0.4) is 0 Å². The standard InChI is InChI=1S/C7H8BBrN2O3.ClH/c9-6-2-4(7(12)11-10)1-5(3-6)8(13)14;/h1-3,13-14H,10H2,(H,11,12);1H. The lowest BCUT2D eigenvalue weighted by Crippen LogP contribution is -2.34. The third-order valence-corrected chi connectivity index (χ3v) is 2.07. The van der Waals surface area contributed by atoms with E-state index in [4.69, 9.17) is 15.9 Å². The first-order chi connectivity index (χ1) is 6.54. The number of nitrogens with two attached hydrogens (primary N) is 1. The van der Waals surface area contributed by atoms with Crippen LogP contribution in [0, 0.1) is 0 Å². The van der Waals surface area contributed by atoms with Crippen molar-refractivity contribution in [2.45, 2.75) is 0 Å². The van der Waals surface area contributed by atoms with E-state index in [-0.39, 0.29) is 23.4 Å². The summed E-state index contributed by atoms with van der Waals surface area (Å²) in [6.45, 7) is 0. The Bertz CT molecular complexity index is 364. The summed E-state index contributed by atoms with van der Waals surface area (Å²) in [5.41, 5.74) is 2.43. The van der Waals surface area contributed by atoms with Gasteiger partial charge in [-0.25, -0.2) is 5.84 Å². The molecule has 0 aliphatic carbocycles. The van der Waals surface area contributed by atoms with Gasteiger partial charge in [0.15, 0.2) is 0 Å². The number of benzene rings is 1. The summed E-state index contributed by atoms with van der Waals surface area (Å²) in [4.78, 5) is 11.1. The molecule has 0 aliphatic rings. The lowest BCUT2D eigenvalue weighted by molar-refractivity contribution is 0.0953. The zero-order valence-corrected chi connectivity index (χ0v) is 9.88. The van der Waals surface area contributed by atoms with Crippen LogP contribution in [0.2, 0.25) is 0 Å². The summed E-state index contributed by atoms with van der Waals surface area (Å²) in [6.07, 6.45) is 0. The van der Waals surface area contributed by atoms with Gasteiger partial charge in [0.2, 0.25) is 0 Å². The molecule has 1 aromatic rings. The van der Waals surface area contributed by atoms with Crippen molar-refractivity contribution in [3.05, 3.63) is 28.2 Å². The van der Waals surface area contributed by atoms with Crippen molar-refractivity contribution >= 4 is 46.8 Å². The number of rotatable bonds is 2. The summed E-state index contributed by atoms with van der Waals surface area (Å²) < 4.78 is 0.571. The highest BCUT2D eigenvalue weighted by Gasteiger charge is 2.14. The number of hydrogen-bond donors (Lipinski definition) is 4. The van der Waals surface area contributed by atoms with Gasteiger partial charge in [-0.05, 0) is 23.7 Å². The molecule has 0 atom stereocenters. The molecule has 1 rings (SSSR count). The fraction of sp³-hybridized carbons (Fsp3) is 0. The fourth-order valence-corrected chi connectivity index (χ4v) is 1.49. The van der Waals surface area contributed by atoms with Crippen LogP contribution in [0.25, 0.3) is 0 Å². The molecule has 0 unspecified atom stereocenters. The van der Waals surface area contributed by atoms with E-state index >= 15 is 0 Å². The van der Waals surface area contributed by atoms with Gasteiger partial charge in [-0.15, -0.1) is 12.4 Å². The molecule has 0 aliphatic heterocycles. The van der Waals surface area contributed by atoms with Crippen molar-refractivity contribution in [1.29, 1.82) is 0 Å². The highest BCUT2D eigenvalue weighted by Crippen LogP contribution is 2.10. The average molecular weight is 295 g/mol. The van der Waals surface area contributed by atoms with Crippen LogP contribution in [0.15, 0.2) is 22.7 Å². The van der Waals surface area contributed by atoms with Gasteiger partial charge in [0, 0.05) is 10.0 Å². The van der Waals surface area contributed by atoms with Crippen LogP contribution in [0.4, 0.5) is 0 Å². The van der Waals surface area contributed by atoms with E-state index in [0.717, 1.165) is 0 Å². The number of nitrogens with one attached hydrogen (secondary N) is 1. The van der Waals surface area contributed by atoms with Gasteiger partial charge in [-0.1, -0.05) is 15.9 Å². The van der Waals surface area contributed by atoms with Crippen molar-refractivity contribution in [3.8, 4) is 0 Å². The molecule has 0 heterocycles. The van der Waals surface area contributed by atoms with E-state index in [2.05, 4.69) is 15.9 Å². The molecule has 1 aromatic carbocycles. The third-order valence-electron chi connectivity index (χ3n) is 1.61. The predicted molar refractivity (Wildman–Crippen MR) is 62.9 cm³/mol. The van der Waals surface area contributed by atoms with Gasteiger partial charge in [-0.2, -0.15) is 0 Å². The van der Waals surface area contributed by atoms with Gasteiger partial charge >= 0.3 is 7.12 Å². The molecule has 0 aromatic heterocycles. The van der Waals surface area contributed by atoms with Gasteiger partial charge in [0.25, 0.3) is 5.91 Å². The average Bonchev–Trinajstić information content (AvgIpc) is 2.15. The zero-order chi connectivity index (χ0) is 10.7. The van der Waals surface area contributed by atoms with Crippen LogP contribution in [0.1, 0.15) is 10.4 Å². The Morgan fingerprint density at radius 3 is 2.47 bits per heavy atom. The highest BCUT2D eigenvalue weighted by atomic mass is 79.9. The summed E-state index contributed by atoms with van der Waals surface area (Å²) in [5.74, 6) is 4.45. The van der Waals surface area contributed by atoms with Gasteiger partial charge in [-0.3, -0.25) is 10.2 Å². The Labute approximate surface area is 101 Å². The topological polar surface area (TPSA) is 95.6 Å². The van der Waals surface area contributed by atoms with Crippen LogP contribution < -0.4 is 16.7 Å². The van der Waals surface area contributed by atoms with Gasteiger partial charge in [0.05, 0.1) is 0 Å². The first-order valence-corrected chi connectivity index (χ1v) is 4.51. The summed E-state index contributed by atoms with van der Waals surface area (Å²) in [7, 11) is -1.61. The molecule has 0 fully saturated rings. The second kappa shape index (κ2) is 6.09. The van der Waals surface area contributed by atoms with E-state index in [1.165, 1.54) is 18.2 Å². The molecule has 8 heteroatoms. The van der Waals surface area contributed by atoms with Crippen LogP contribution in [0.5, 0.6) is 0 Å². The van der Waals surface area contributed by atoms with Crippen LogP contribution >= 0.6 is 28.3 Å². The second-order valence-corrected chi connectivity index (χ2v) is 3.54. The summed E-state index contributed by atoms with van der Waals surface area (Å²) in [6, 6.07) is 4.36. The largest absolute Gasteiger partial charge is 0.488 e. The Hall–Kier alpha value is -0.595. The van der Waals surface area contributed by atoms with Gasteiger partial charge in [0.1, 0.15) is 0 Å². The molecule has 0 radical (unpaired) electrons. The minimum atomic E-state index is -1.61. The maximum Gasteiger partial charge on any atom is 0.488 e. The number of halogens is 2. The van der Waals surface area contributed by atoms with Crippen LogP contribution in [-0.2, 0) is 0 Å². The van der Waals surface area contributed by atoms with Crippen molar-refractivity contribution in [2.75, 3.05) is 0 Å². The Kier molecular flexibility index (Phi) is 5.85. The third kappa shape index (κ3) is 3.81. The van der Waals surface area contributed by atoms with E-state index in [0.29, 0.717) is 4.47 Å². The Balaban J connectivity index is 0.00000196. The van der Waals surface area contributed by atoms with E-state index in [9.17, 15) is 4.79 Å². The van der Waals surface area contributed by atoms with Gasteiger partial charge < -0.3 is 10.0 Å². The minimum Gasteiger partial charge on any atom is -0.423 e. The minimum absolute atomic E-state index is 0. The molecule has 0 saturated carbocycles. The van der Waals surface area contributed by atoms with E-state index in [1.807, 2.05) is 5.43 Å². The smallest absolute Gasteiger partial charge is 0.423 e. The maximum absolute atomic E-state index is 11.1. The molecular formula is C7H9BBrClN2O3. The number of amides is 1. The molecule has 1 amide bonds. The normalized spacial score (nSPS) is 9.07. The monoisotopic (exact) mass is 294 g/mol. The molecule has 5 nitrogen and oxygen atoms in total. The first-order valence-electron chi connectivity index (χ1n) is 3.72. The number of carbonyl (C=O) groups excluding carboxylic acids is 1. The highest BCUT2D eigenvalue weighted by molar-refractivity contribution is 9.10. The number of hydrazine groups is 1. The first kappa shape index (κ1) is 14.4.